The van der Waals surface area contributed by atoms with Crippen molar-refractivity contribution < 1.29 is 18.4 Å². The second kappa shape index (κ2) is 13.3. The molecule has 8 heteroatoms. The van der Waals surface area contributed by atoms with E-state index in [1.807, 2.05) is 44.2 Å². The second-order valence-electron chi connectivity index (χ2n) is 10.4. The molecule has 206 valence electrons. The maximum Gasteiger partial charge on any atom is 0.318 e. The lowest BCUT2D eigenvalue weighted by Crippen LogP contribution is -2.56. The van der Waals surface area contributed by atoms with E-state index >= 15 is 0 Å². The summed E-state index contributed by atoms with van der Waals surface area (Å²) in [6, 6.07) is 21.2. The van der Waals surface area contributed by atoms with Crippen LogP contribution in [-0.4, -0.2) is 54.0 Å². The Bertz CT molecular complexity index is 1170. The highest BCUT2D eigenvalue weighted by atomic mass is 19.1. The normalized spacial score (nSPS) is 14.9. The third kappa shape index (κ3) is 7.86. The summed E-state index contributed by atoms with van der Waals surface area (Å²) in [6.45, 7) is 6.51. The number of hydrogen-bond acceptors (Lipinski definition) is 3. The molecule has 0 aromatic heterocycles. The van der Waals surface area contributed by atoms with Crippen molar-refractivity contribution in [3.63, 3.8) is 0 Å². The fraction of sp³-hybridized carbons (Fsp3) is 0.355. The predicted octanol–water partition coefficient (Wildman–Crippen LogP) is 5.11. The van der Waals surface area contributed by atoms with Gasteiger partial charge >= 0.3 is 6.03 Å². The van der Waals surface area contributed by atoms with Gasteiger partial charge in [0.1, 0.15) is 17.7 Å². The number of piperazine rings is 1. The minimum atomic E-state index is -0.634. The zero-order valence-corrected chi connectivity index (χ0v) is 22.4. The standard InChI is InChI=1S/C31H36F2N4O2/c1-22(2)20-28(30(38)34-21-23-6-4-3-5-7-23)35-31(39)37-18-16-36(17-19-37)29(24-8-12-26(32)13-9-24)25-10-14-27(33)15-11-25/h3-15,22,28-29H,16-21H2,1-2H3,(H,34,38)(H,35,39). The molecule has 39 heavy (non-hydrogen) atoms. The molecule has 1 heterocycles. The van der Waals surface area contributed by atoms with Gasteiger partial charge < -0.3 is 15.5 Å². The zero-order valence-electron chi connectivity index (χ0n) is 22.4. The SMILES string of the molecule is CC(C)CC(NC(=O)N1CCN(C(c2ccc(F)cc2)c2ccc(F)cc2)CC1)C(=O)NCc1ccccc1. The molecule has 0 spiro atoms. The van der Waals surface area contributed by atoms with Crippen molar-refractivity contribution in [3.8, 4) is 0 Å². The van der Waals surface area contributed by atoms with Crippen LogP contribution >= 0.6 is 0 Å². The molecule has 1 aliphatic heterocycles. The molecular weight excluding hydrogens is 498 g/mol. The molecular formula is C31H36F2N4O2. The van der Waals surface area contributed by atoms with Gasteiger partial charge in [0.15, 0.2) is 0 Å². The van der Waals surface area contributed by atoms with Gasteiger partial charge in [0.05, 0.1) is 6.04 Å². The van der Waals surface area contributed by atoms with Gasteiger partial charge in [-0.05, 0) is 53.3 Å². The van der Waals surface area contributed by atoms with Crippen LogP contribution in [0.2, 0.25) is 0 Å². The Kier molecular flexibility index (Phi) is 9.65. The molecule has 4 rings (SSSR count). The lowest BCUT2D eigenvalue weighted by atomic mass is 9.96. The van der Waals surface area contributed by atoms with Crippen molar-refractivity contribution in [3.05, 3.63) is 107 Å². The van der Waals surface area contributed by atoms with Crippen molar-refractivity contribution in [2.24, 2.45) is 5.92 Å². The number of rotatable bonds is 9. The fourth-order valence-electron chi connectivity index (χ4n) is 4.94. The fourth-order valence-corrected chi connectivity index (χ4v) is 4.94. The maximum absolute atomic E-state index is 13.6. The Morgan fingerprint density at radius 2 is 1.33 bits per heavy atom. The summed E-state index contributed by atoms with van der Waals surface area (Å²) in [5, 5.41) is 5.89. The number of carbonyl (C=O) groups is 2. The van der Waals surface area contributed by atoms with Crippen molar-refractivity contribution in [1.29, 1.82) is 0 Å². The highest BCUT2D eigenvalue weighted by molar-refractivity contribution is 5.87. The van der Waals surface area contributed by atoms with Gasteiger partial charge in [-0.2, -0.15) is 0 Å². The van der Waals surface area contributed by atoms with Crippen LogP contribution in [0.1, 0.15) is 43.0 Å². The summed E-state index contributed by atoms with van der Waals surface area (Å²) >= 11 is 0. The van der Waals surface area contributed by atoms with E-state index in [0.29, 0.717) is 39.1 Å². The monoisotopic (exact) mass is 534 g/mol. The number of benzene rings is 3. The smallest absolute Gasteiger partial charge is 0.318 e. The quantitative estimate of drug-likeness (QED) is 0.401. The molecule has 0 aliphatic carbocycles. The van der Waals surface area contributed by atoms with Crippen LogP contribution in [0.5, 0.6) is 0 Å². The summed E-state index contributed by atoms with van der Waals surface area (Å²) in [5.74, 6) is -0.613. The van der Waals surface area contributed by atoms with Crippen molar-refractivity contribution in [2.75, 3.05) is 26.2 Å². The van der Waals surface area contributed by atoms with Crippen LogP contribution in [-0.2, 0) is 11.3 Å². The molecule has 3 aromatic rings. The first-order chi connectivity index (χ1) is 18.8. The highest BCUT2D eigenvalue weighted by Crippen LogP contribution is 2.30. The number of hydrogen-bond donors (Lipinski definition) is 2. The van der Waals surface area contributed by atoms with E-state index in [9.17, 15) is 18.4 Å². The summed E-state index contributed by atoms with van der Waals surface area (Å²) < 4.78 is 27.2. The third-order valence-corrected chi connectivity index (χ3v) is 6.97. The number of carbonyl (C=O) groups excluding carboxylic acids is 2. The summed E-state index contributed by atoms with van der Waals surface area (Å²) in [7, 11) is 0. The molecule has 1 saturated heterocycles. The van der Waals surface area contributed by atoms with E-state index in [4.69, 9.17) is 0 Å². The van der Waals surface area contributed by atoms with Gasteiger partial charge in [0, 0.05) is 32.7 Å². The van der Waals surface area contributed by atoms with Gasteiger partial charge in [0.2, 0.25) is 5.91 Å². The Hall–Kier alpha value is -3.78. The summed E-state index contributed by atoms with van der Waals surface area (Å²) in [4.78, 5) is 30.1. The predicted molar refractivity (Wildman–Crippen MR) is 148 cm³/mol. The van der Waals surface area contributed by atoms with Crippen molar-refractivity contribution >= 4 is 11.9 Å². The van der Waals surface area contributed by atoms with E-state index in [1.54, 1.807) is 29.2 Å². The van der Waals surface area contributed by atoms with Gasteiger partial charge in [-0.15, -0.1) is 0 Å². The number of amides is 3. The van der Waals surface area contributed by atoms with Gasteiger partial charge in [-0.25, -0.2) is 13.6 Å². The first-order valence-corrected chi connectivity index (χ1v) is 13.4. The van der Waals surface area contributed by atoms with Crippen LogP contribution in [0.3, 0.4) is 0 Å². The molecule has 0 bridgehead atoms. The second-order valence-corrected chi connectivity index (χ2v) is 10.4. The van der Waals surface area contributed by atoms with Crippen LogP contribution in [0.15, 0.2) is 78.9 Å². The van der Waals surface area contributed by atoms with E-state index in [2.05, 4.69) is 15.5 Å². The Morgan fingerprint density at radius 3 is 1.85 bits per heavy atom. The van der Waals surface area contributed by atoms with E-state index < -0.39 is 6.04 Å². The largest absolute Gasteiger partial charge is 0.350 e. The molecule has 0 saturated carbocycles. The van der Waals surface area contributed by atoms with Crippen LogP contribution in [0.4, 0.5) is 13.6 Å². The van der Waals surface area contributed by atoms with Crippen molar-refractivity contribution in [1.82, 2.24) is 20.4 Å². The van der Waals surface area contributed by atoms with Crippen LogP contribution in [0.25, 0.3) is 0 Å². The average Bonchev–Trinajstić information content (AvgIpc) is 2.94. The van der Waals surface area contributed by atoms with E-state index in [1.165, 1.54) is 24.3 Å². The minimum Gasteiger partial charge on any atom is -0.350 e. The molecule has 3 aromatic carbocycles. The Balaban J connectivity index is 1.39. The topological polar surface area (TPSA) is 64.7 Å². The van der Waals surface area contributed by atoms with E-state index in [0.717, 1.165) is 16.7 Å². The minimum absolute atomic E-state index is 0.200. The molecule has 1 unspecified atom stereocenters. The summed E-state index contributed by atoms with van der Waals surface area (Å²) in [6.07, 6.45) is 0.531. The number of nitrogens with one attached hydrogen (secondary N) is 2. The van der Waals surface area contributed by atoms with E-state index in [-0.39, 0.29) is 35.5 Å². The summed E-state index contributed by atoms with van der Waals surface area (Å²) in [5.41, 5.74) is 2.79. The lowest BCUT2D eigenvalue weighted by Gasteiger charge is -2.40. The number of nitrogens with zero attached hydrogens (tertiary/aromatic N) is 2. The first-order valence-electron chi connectivity index (χ1n) is 13.4. The molecule has 3 amide bonds. The van der Waals surface area contributed by atoms with Crippen LogP contribution in [0, 0.1) is 17.6 Å². The number of urea groups is 1. The number of halogens is 2. The molecule has 6 nitrogen and oxygen atoms in total. The van der Waals surface area contributed by atoms with Gasteiger partial charge in [-0.1, -0.05) is 68.4 Å². The Labute approximate surface area is 229 Å². The lowest BCUT2D eigenvalue weighted by molar-refractivity contribution is -0.123. The Morgan fingerprint density at radius 1 is 0.795 bits per heavy atom. The molecule has 2 N–H and O–H groups in total. The first kappa shape index (κ1) is 28.2. The molecule has 1 aliphatic rings. The average molecular weight is 535 g/mol. The van der Waals surface area contributed by atoms with Gasteiger partial charge in [0.25, 0.3) is 0 Å². The van der Waals surface area contributed by atoms with Crippen LogP contribution < -0.4 is 10.6 Å². The maximum atomic E-state index is 13.6. The molecule has 0 radical (unpaired) electrons. The highest BCUT2D eigenvalue weighted by Gasteiger charge is 2.30. The van der Waals surface area contributed by atoms with Crippen molar-refractivity contribution in [2.45, 2.75) is 38.9 Å². The zero-order chi connectivity index (χ0) is 27.8. The molecule has 1 fully saturated rings. The molecule has 1 atom stereocenters. The third-order valence-electron chi connectivity index (χ3n) is 6.97. The van der Waals surface area contributed by atoms with Gasteiger partial charge in [-0.3, -0.25) is 9.69 Å².